The molecule has 72 valence electrons. The summed E-state index contributed by atoms with van der Waals surface area (Å²) in [5.74, 6) is 0. The number of rotatable bonds is 1. The van der Waals surface area contributed by atoms with E-state index in [1.807, 2.05) is 0 Å². The number of hydrogen-bond acceptors (Lipinski definition) is 2. The van der Waals surface area contributed by atoms with E-state index >= 15 is 0 Å². The fourth-order valence-corrected chi connectivity index (χ4v) is 0.877. The molecule has 4 nitrogen and oxygen atoms in total. The molecule has 0 saturated heterocycles. The van der Waals surface area contributed by atoms with Gasteiger partial charge in [-0.25, -0.2) is 16.7 Å². The third-order valence-electron chi connectivity index (χ3n) is 1.67. The highest BCUT2D eigenvalue weighted by atomic mass is 16.6. The van der Waals surface area contributed by atoms with Gasteiger partial charge >= 0.3 is 11.8 Å². The van der Waals surface area contributed by atoms with Crippen LogP contribution in [0.4, 0.5) is 4.79 Å². The van der Waals surface area contributed by atoms with Crippen LogP contribution < -0.4 is 5.32 Å². The molecule has 0 aliphatic heterocycles. The first kappa shape index (κ1) is 9.85. The molecular formula is C9H14N2O2. The molecule has 1 fully saturated rings. The number of nitrogens with zero attached hydrogens (tertiary/aromatic N) is 1. The van der Waals surface area contributed by atoms with Gasteiger partial charge < -0.3 is 4.74 Å². The largest absolute Gasteiger partial charge is 0.444 e. The zero-order valence-electron chi connectivity index (χ0n) is 8.18. The second kappa shape index (κ2) is 2.91. The van der Waals surface area contributed by atoms with Crippen molar-refractivity contribution < 1.29 is 9.53 Å². The fourth-order valence-electron chi connectivity index (χ4n) is 0.877. The highest BCUT2D eigenvalue weighted by Crippen LogP contribution is 2.36. The maximum atomic E-state index is 11.2. The maximum Gasteiger partial charge on any atom is 0.413 e. The number of nitrogens with one attached hydrogen (secondary N) is 1. The molecule has 1 saturated carbocycles. The molecule has 1 amide bonds. The van der Waals surface area contributed by atoms with E-state index in [4.69, 9.17) is 11.3 Å². The Morgan fingerprint density at radius 2 is 2.08 bits per heavy atom. The Hall–Kier alpha value is -1.24. The summed E-state index contributed by atoms with van der Waals surface area (Å²) in [6.45, 7) is 12.2. The molecule has 1 rings (SSSR count). The van der Waals surface area contributed by atoms with Gasteiger partial charge in [0.2, 0.25) is 0 Å². The van der Waals surface area contributed by atoms with E-state index in [0.29, 0.717) is 0 Å². The summed E-state index contributed by atoms with van der Waals surface area (Å²) in [6.07, 6.45) is 0.965. The summed E-state index contributed by atoms with van der Waals surface area (Å²) in [5.41, 5.74) is -1.15. The van der Waals surface area contributed by atoms with Gasteiger partial charge in [-0.1, -0.05) is 0 Å². The molecule has 1 aliphatic rings. The summed E-state index contributed by atoms with van der Waals surface area (Å²) in [7, 11) is 0. The van der Waals surface area contributed by atoms with Crippen LogP contribution in [0.1, 0.15) is 33.6 Å². The second-order valence-corrected chi connectivity index (χ2v) is 4.27. The normalized spacial score (nSPS) is 18.6. The summed E-state index contributed by atoms with van der Waals surface area (Å²) >= 11 is 0. The lowest BCUT2D eigenvalue weighted by molar-refractivity contribution is 0.0508. The van der Waals surface area contributed by atoms with Gasteiger partial charge in [0.1, 0.15) is 5.60 Å². The van der Waals surface area contributed by atoms with Crippen molar-refractivity contribution in [3.63, 3.8) is 0 Å². The molecule has 0 atom stereocenters. The van der Waals surface area contributed by atoms with Crippen LogP contribution in [0.25, 0.3) is 4.85 Å². The Balaban J connectivity index is 2.40. The number of alkyl carbamates (subject to hydrolysis) is 1. The molecular weight excluding hydrogens is 168 g/mol. The third-order valence-corrected chi connectivity index (χ3v) is 1.67. The van der Waals surface area contributed by atoms with Crippen molar-refractivity contribution in [3.05, 3.63) is 11.4 Å². The van der Waals surface area contributed by atoms with Crippen molar-refractivity contribution in [1.29, 1.82) is 0 Å². The highest BCUT2D eigenvalue weighted by Gasteiger charge is 2.53. The van der Waals surface area contributed by atoms with Crippen molar-refractivity contribution >= 4 is 6.09 Å². The van der Waals surface area contributed by atoms with Gasteiger partial charge in [-0.3, -0.25) is 4.85 Å². The Morgan fingerprint density at radius 1 is 1.54 bits per heavy atom. The van der Waals surface area contributed by atoms with Gasteiger partial charge in [-0.05, 0) is 20.8 Å². The van der Waals surface area contributed by atoms with Crippen molar-refractivity contribution in [2.75, 3.05) is 0 Å². The quantitative estimate of drug-likeness (QED) is 0.629. The number of ether oxygens (including phenoxy) is 1. The Kier molecular flexibility index (Phi) is 2.21. The Labute approximate surface area is 78.1 Å². The first-order valence-corrected chi connectivity index (χ1v) is 4.27. The topological polar surface area (TPSA) is 42.7 Å². The van der Waals surface area contributed by atoms with Gasteiger partial charge in [0.05, 0.1) is 12.8 Å². The standard InChI is InChI=1S/C9H14N2O2/c1-8(2,3)13-7(12)11-9(10-4)5-6-9/h5-6H2,1-3H3,(H,11,12). The first-order chi connectivity index (χ1) is 5.87. The predicted octanol–water partition coefficient (Wildman–Crippen LogP) is 1.92. The minimum atomic E-state index is -0.650. The van der Waals surface area contributed by atoms with Gasteiger partial charge in [0, 0.05) is 0 Å². The Bertz CT molecular complexity index is 256. The molecule has 0 heterocycles. The lowest BCUT2D eigenvalue weighted by Gasteiger charge is -2.19. The van der Waals surface area contributed by atoms with E-state index in [2.05, 4.69) is 10.2 Å². The van der Waals surface area contributed by atoms with Crippen molar-refractivity contribution in [1.82, 2.24) is 5.32 Å². The van der Waals surface area contributed by atoms with Gasteiger partial charge in [-0.15, -0.1) is 0 Å². The second-order valence-electron chi connectivity index (χ2n) is 4.27. The minimum absolute atomic E-state index is 0.498. The Morgan fingerprint density at radius 3 is 2.38 bits per heavy atom. The van der Waals surface area contributed by atoms with Crippen LogP contribution >= 0.6 is 0 Å². The minimum Gasteiger partial charge on any atom is -0.444 e. The van der Waals surface area contributed by atoms with Gasteiger partial charge in [0.15, 0.2) is 0 Å². The summed E-state index contributed by atoms with van der Waals surface area (Å²) < 4.78 is 5.02. The smallest absolute Gasteiger partial charge is 0.413 e. The highest BCUT2D eigenvalue weighted by molar-refractivity contribution is 5.69. The SMILES string of the molecule is [C-]#[N+]C1(NC(=O)OC(C)(C)C)CC1. The summed E-state index contributed by atoms with van der Waals surface area (Å²) in [5, 5.41) is 2.56. The van der Waals surface area contributed by atoms with Crippen LogP contribution in [0.3, 0.4) is 0 Å². The third kappa shape index (κ3) is 2.94. The lowest BCUT2D eigenvalue weighted by atomic mass is 10.2. The molecule has 0 aromatic rings. The number of hydrogen-bond donors (Lipinski definition) is 1. The number of amides is 1. The first-order valence-electron chi connectivity index (χ1n) is 4.27. The molecule has 0 bridgehead atoms. The van der Waals surface area contributed by atoms with Crippen molar-refractivity contribution in [2.24, 2.45) is 0 Å². The van der Waals surface area contributed by atoms with Gasteiger partial charge in [-0.2, -0.15) is 0 Å². The molecule has 13 heavy (non-hydrogen) atoms. The van der Waals surface area contributed by atoms with Gasteiger partial charge in [0.25, 0.3) is 0 Å². The molecule has 0 aromatic carbocycles. The van der Waals surface area contributed by atoms with E-state index in [-0.39, 0.29) is 0 Å². The zero-order chi connectivity index (χ0) is 10.1. The maximum absolute atomic E-state index is 11.2. The molecule has 0 spiro atoms. The molecule has 0 unspecified atom stereocenters. The average molecular weight is 182 g/mol. The van der Waals surface area contributed by atoms with Crippen LogP contribution in [0.5, 0.6) is 0 Å². The van der Waals surface area contributed by atoms with E-state index in [0.717, 1.165) is 12.8 Å². The number of carbonyl (C=O) groups excluding carboxylic acids is 1. The van der Waals surface area contributed by atoms with E-state index in [1.165, 1.54) is 0 Å². The van der Waals surface area contributed by atoms with Crippen LogP contribution in [-0.2, 0) is 4.74 Å². The van der Waals surface area contributed by atoms with E-state index in [1.54, 1.807) is 20.8 Å². The molecule has 4 heteroatoms. The molecule has 0 aromatic heterocycles. The molecule has 1 aliphatic carbocycles. The monoisotopic (exact) mass is 182 g/mol. The summed E-state index contributed by atoms with van der Waals surface area (Å²) in [4.78, 5) is 14.5. The van der Waals surface area contributed by atoms with Crippen molar-refractivity contribution in [3.8, 4) is 0 Å². The lowest BCUT2D eigenvalue weighted by Crippen LogP contribution is -2.38. The number of carbonyl (C=O) groups is 1. The average Bonchev–Trinajstić information content (AvgIpc) is 2.65. The zero-order valence-corrected chi connectivity index (χ0v) is 8.18. The van der Waals surface area contributed by atoms with E-state index < -0.39 is 17.4 Å². The summed E-state index contributed by atoms with van der Waals surface area (Å²) in [6, 6.07) is 0. The molecule has 1 N–H and O–H groups in total. The molecule has 0 radical (unpaired) electrons. The van der Waals surface area contributed by atoms with Crippen LogP contribution in [-0.4, -0.2) is 17.4 Å². The van der Waals surface area contributed by atoms with Crippen LogP contribution in [0.2, 0.25) is 0 Å². The van der Waals surface area contributed by atoms with Crippen LogP contribution in [0, 0.1) is 6.57 Å². The fraction of sp³-hybridized carbons (Fsp3) is 0.778. The van der Waals surface area contributed by atoms with Crippen molar-refractivity contribution in [2.45, 2.75) is 44.9 Å². The van der Waals surface area contributed by atoms with E-state index in [9.17, 15) is 4.79 Å². The van der Waals surface area contributed by atoms with Crippen LogP contribution in [0.15, 0.2) is 0 Å². The predicted molar refractivity (Wildman–Crippen MR) is 47.9 cm³/mol.